The van der Waals surface area contributed by atoms with Crippen LogP contribution in [0.2, 0.25) is 0 Å². The molecule has 2 aromatic carbocycles. The highest BCUT2D eigenvalue weighted by molar-refractivity contribution is 6.55. The van der Waals surface area contributed by atoms with Gasteiger partial charge >= 0.3 is 6.18 Å². The molecule has 1 amide bonds. The SMILES string of the molecule is O=C1/C(=N\c2ccc(C(F)(F)F)cc2)C2=CCCC=C2N1c1ccc(O)cc1. The van der Waals surface area contributed by atoms with E-state index in [4.69, 9.17) is 0 Å². The van der Waals surface area contributed by atoms with Crippen LogP contribution in [-0.4, -0.2) is 16.7 Å². The molecule has 1 aliphatic carbocycles. The van der Waals surface area contributed by atoms with Gasteiger partial charge in [-0.3, -0.25) is 9.69 Å². The number of phenols is 1. The lowest BCUT2D eigenvalue weighted by Gasteiger charge is -2.19. The minimum Gasteiger partial charge on any atom is -0.508 e. The Hall–Kier alpha value is -3.35. The summed E-state index contributed by atoms with van der Waals surface area (Å²) in [6.45, 7) is 0. The molecule has 0 aromatic heterocycles. The zero-order valence-electron chi connectivity index (χ0n) is 14.6. The number of nitrogens with zero attached hydrogens (tertiary/aromatic N) is 2. The van der Waals surface area contributed by atoms with E-state index in [1.165, 1.54) is 29.2 Å². The Bertz CT molecular complexity index is 1020. The van der Waals surface area contributed by atoms with E-state index < -0.39 is 11.7 Å². The summed E-state index contributed by atoms with van der Waals surface area (Å²) in [5.74, 6) is -0.271. The molecule has 1 saturated heterocycles. The Labute approximate surface area is 158 Å². The molecule has 7 heteroatoms. The molecule has 4 rings (SSSR count). The van der Waals surface area contributed by atoms with Gasteiger partial charge in [-0.25, -0.2) is 4.99 Å². The monoisotopic (exact) mass is 384 g/mol. The van der Waals surface area contributed by atoms with Crippen LogP contribution in [0.3, 0.4) is 0 Å². The Morgan fingerprint density at radius 1 is 0.929 bits per heavy atom. The zero-order chi connectivity index (χ0) is 19.9. The van der Waals surface area contributed by atoms with Crippen molar-refractivity contribution >= 4 is 23.0 Å². The predicted molar refractivity (Wildman–Crippen MR) is 99.5 cm³/mol. The van der Waals surface area contributed by atoms with Crippen LogP contribution in [0.5, 0.6) is 5.75 Å². The van der Waals surface area contributed by atoms with Gasteiger partial charge in [-0.05, 0) is 61.4 Å². The van der Waals surface area contributed by atoms with Crippen LogP contribution >= 0.6 is 0 Å². The van der Waals surface area contributed by atoms with Gasteiger partial charge in [0.2, 0.25) is 0 Å². The Morgan fingerprint density at radius 3 is 2.21 bits per heavy atom. The fraction of sp³-hybridized carbons (Fsp3) is 0.143. The molecule has 0 unspecified atom stereocenters. The van der Waals surface area contributed by atoms with E-state index in [2.05, 4.69) is 4.99 Å². The number of carbonyl (C=O) groups excluding carboxylic acids is 1. The fourth-order valence-corrected chi connectivity index (χ4v) is 3.24. The second kappa shape index (κ2) is 6.67. The summed E-state index contributed by atoms with van der Waals surface area (Å²) in [7, 11) is 0. The molecule has 2 aliphatic rings. The number of anilines is 1. The zero-order valence-corrected chi connectivity index (χ0v) is 14.6. The van der Waals surface area contributed by atoms with E-state index in [0.717, 1.165) is 25.0 Å². The lowest BCUT2D eigenvalue weighted by atomic mass is 10.0. The maximum atomic E-state index is 13.1. The van der Waals surface area contributed by atoms with Crippen molar-refractivity contribution in [3.05, 3.63) is 77.5 Å². The number of rotatable bonds is 2. The maximum Gasteiger partial charge on any atom is 0.416 e. The first kappa shape index (κ1) is 18.0. The number of alkyl halides is 3. The van der Waals surface area contributed by atoms with Crippen molar-refractivity contribution < 1.29 is 23.1 Å². The first-order chi connectivity index (χ1) is 13.3. The van der Waals surface area contributed by atoms with Gasteiger partial charge in [0.15, 0.2) is 0 Å². The Morgan fingerprint density at radius 2 is 1.57 bits per heavy atom. The molecule has 4 nitrogen and oxygen atoms in total. The lowest BCUT2D eigenvalue weighted by Crippen LogP contribution is -2.26. The third-order valence-corrected chi connectivity index (χ3v) is 4.57. The van der Waals surface area contributed by atoms with E-state index in [0.29, 0.717) is 17.0 Å². The number of hydrogen-bond acceptors (Lipinski definition) is 3. The summed E-state index contributed by atoms with van der Waals surface area (Å²) in [6, 6.07) is 10.6. The molecule has 2 aromatic rings. The first-order valence-corrected chi connectivity index (χ1v) is 8.65. The number of halogens is 3. The molecule has 0 atom stereocenters. The van der Waals surface area contributed by atoms with Crippen LogP contribution in [0.25, 0.3) is 0 Å². The van der Waals surface area contributed by atoms with E-state index in [1.54, 1.807) is 12.1 Å². The van der Waals surface area contributed by atoms with E-state index in [9.17, 15) is 23.1 Å². The topological polar surface area (TPSA) is 52.9 Å². The number of benzene rings is 2. The molecule has 142 valence electrons. The molecular formula is C21H15F3N2O2. The number of allylic oxidation sites excluding steroid dienone is 3. The van der Waals surface area contributed by atoms with Crippen molar-refractivity contribution in [2.75, 3.05) is 4.90 Å². The summed E-state index contributed by atoms with van der Waals surface area (Å²) < 4.78 is 38.2. The van der Waals surface area contributed by atoms with E-state index in [-0.39, 0.29) is 23.1 Å². The van der Waals surface area contributed by atoms with Crippen LogP contribution in [0.15, 0.2) is 76.9 Å². The van der Waals surface area contributed by atoms with Crippen LogP contribution in [0.1, 0.15) is 18.4 Å². The molecule has 1 heterocycles. The van der Waals surface area contributed by atoms with Crippen molar-refractivity contribution in [1.82, 2.24) is 0 Å². The van der Waals surface area contributed by atoms with Gasteiger partial charge in [-0.2, -0.15) is 13.2 Å². The molecule has 1 aliphatic heterocycles. The van der Waals surface area contributed by atoms with Gasteiger partial charge in [0, 0.05) is 11.3 Å². The summed E-state index contributed by atoms with van der Waals surface area (Å²) >= 11 is 0. The second-order valence-electron chi connectivity index (χ2n) is 6.45. The number of amides is 1. The largest absolute Gasteiger partial charge is 0.508 e. The van der Waals surface area contributed by atoms with E-state index in [1.807, 2.05) is 12.2 Å². The van der Waals surface area contributed by atoms with Crippen molar-refractivity contribution in [3.8, 4) is 5.75 Å². The molecule has 28 heavy (non-hydrogen) atoms. The van der Waals surface area contributed by atoms with Gasteiger partial charge in [0.1, 0.15) is 11.5 Å². The number of phenolic OH excluding ortho intramolecular Hbond substituents is 1. The summed E-state index contributed by atoms with van der Waals surface area (Å²) in [4.78, 5) is 18.9. The molecular weight excluding hydrogens is 369 g/mol. The predicted octanol–water partition coefficient (Wildman–Crippen LogP) is 5.13. The molecule has 0 spiro atoms. The van der Waals surface area contributed by atoms with Crippen LogP contribution < -0.4 is 4.90 Å². The van der Waals surface area contributed by atoms with Gasteiger partial charge < -0.3 is 5.11 Å². The quantitative estimate of drug-likeness (QED) is 0.780. The smallest absolute Gasteiger partial charge is 0.416 e. The number of aromatic hydroxyl groups is 1. The normalized spacial score (nSPS) is 18.2. The van der Waals surface area contributed by atoms with Gasteiger partial charge in [0.05, 0.1) is 16.9 Å². The molecule has 0 bridgehead atoms. The van der Waals surface area contributed by atoms with E-state index >= 15 is 0 Å². The maximum absolute atomic E-state index is 13.1. The van der Waals surface area contributed by atoms with Crippen LogP contribution in [-0.2, 0) is 11.0 Å². The van der Waals surface area contributed by atoms with Crippen molar-refractivity contribution in [2.45, 2.75) is 19.0 Å². The average Bonchev–Trinajstić information content (AvgIpc) is 2.94. The Kier molecular flexibility index (Phi) is 4.30. The highest BCUT2D eigenvalue weighted by Crippen LogP contribution is 2.37. The molecule has 0 saturated carbocycles. The van der Waals surface area contributed by atoms with Gasteiger partial charge in [0.25, 0.3) is 5.91 Å². The van der Waals surface area contributed by atoms with Crippen molar-refractivity contribution in [2.24, 2.45) is 4.99 Å². The minimum absolute atomic E-state index is 0.0856. The highest BCUT2D eigenvalue weighted by Gasteiger charge is 2.38. The van der Waals surface area contributed by atoms with Gasteiger partial charge in [-0.15, -0.1) is 0 Å². The first-order valence-electron chi connectivity index (χ1n) is 8.65. The third-order valence-electron chi connectivity index (χ3n) is 4.57. The number of aliphatic imine (C=N–C) groups is 1. The highest BCUT2D eigenvalue weighted by atomic mass is 19.4. The van der Waals surface area contributed by atoms with Gasteiger partial charge in [-0.1, -0.05) is 12.2 Å². The summed E-state index contributed by atoms with van der Waals surface area (Å²) in [5, 5.41) is 9.49. The molecule has 0 radical (unpaired) electrons. The standard InChI is InChI=1S/C21H15F3N2O2/c22-21(23,24)13-5-7-14(8-6-13)25-19-17-3-1-2-4-18(17)26(20(19)28)15-9-11-16(27)12-10-15/h3-12,27H,1-2H2/b25-19-. The number of fused-ring (bicyclic) bond motifs is 1. The fourth-order valence-electron chi connectivity index (χ4n) is 3.24. The lowest BCUT2D eigenvalue weighted by molar-refractivity contribution is -0.137. The van der Waals surface area contributed by atoms with Crippen molar-refractivity contribution in [1.29, 1.82) is 0 Å². The number of carbonyl (C=O) groups is 1. The average molecular weight is 384 g/mol. The second-order valence-corrected chi connectivity index (χ2v) is 6.45. The molecule has 1 N–H and O–H groups in total. The summed E-state index contributed by atoms with van der Waals surface area (Å²) in [5.41, 5.74) is 1.65. The summed E-state index contributed by atoms with van der Waals surface area (Å²) in [6.07, 6.45) is 0.952. The van der Waals surface area contributed by atoms with Crippen LogP contribution in [0, 0.1) is 0 Å². The Balaban J connectivity index is 1.74. The van der Waals surface area contributed by atoms with Crippen LogP contribution in [0.4, 0.5) is 24.5 Å². The third kappa shape index (κ3) is 3.19. The minimum atomic E-state index is -4.42. The molecule has 1 fully saturated rings. The van der Waals surface area contributed by atoms with Crippen molar-refractivity contribution in [3.63, 3.8) is 0 Å². The number of hydrogen-bond donors (Lipinski definition) is 1.